The number of likely N-dealkylation sites (tertiary alicyclic amines) is 1. The van der Waals surface area contributed by atoms with Crippen LogP contribution in [0.1, 0.15) is 46.7 Å². The van der Waals surface area contributed by atoms with Gasteiger partial charge in [0.25, 0.3) is 5.91 Å². The molecule has 0 radical (unpaired) electrons. The van der Waals surface area contributed by atoms with Gasteiger partial charge in [-0.05, 0) is 48.2 Å². The fraction of sp³-hybridized carbons (Fsp3) is 0.318. The predicted octanol–water partition coefficient (Wildman–Crippen LogP) is 2.80. The first kappa shape index (κ1) is 19.1. The van der Waals surface area contributed by atoms with Crippen LogP contribution in [0.4, 0.5) is 10.1 Å². The number of anilines is 1. The highest BCUT2D eigenvalue weighted by Gasteiger charge is 2.30. The van der Waals surface area contributed by atoms with Crippen molar-refractivity contribution in [3.63, 3.8) is 0 Å². The highest BCUT2D eigenvalue weighted by atomic mass is 19.1. The van der Waals surface area contributed by atoms with E-state index >= 15 is 0 Å². The van der Waals surface area contributed by atoms with Gasteiger partial charge in [0.1, 0.15) is 5.82 Å². The number of hydrogen-bond acceptors (Lipinski definition) is 3. The van der Waals surface area contributed by atoms with E-state index in [-0.39, 0.29) is 30.7 Å². The lowest BCUT2D eigenvalue weighted by Crippen LogP contribution is -2.34. The number of hydrogen-bond donors (Lipinski definition) is 2. The minimum atomic E-state index is -0.657. The summed E-state index contributed by atoms with van der Waals surface area (Å²) in [6.45, 7) is 1.89. The van der Waals surface area contributed by atoms with Crippen molar-refractivity contribution in [1.29, 1.82) is 0 Å². The van der Waals surface area contributed by atoms with Crippen LogP contribution in [0, 0.1) is 5.82 Å². The van der Waals surface area contributed by atoms with E-state index < -0.39 is 11.7 Å². The molecule has 2 N–H and O–H groups in total. The lowest BCUT2D eigenvalue weighted by atomic mass is 9.89. The van der Waals surface area contributed by atoms with Crippen molar-refractivity contribution < 1.29 is 18.8 Å². The van der Waals surface area contributed by atoms with E-state index in [0.29, 0.717) is 16.8 Å². The molecule has 0 bridgehead atoms. The van der Waals surface area contributed by atoms with Crippen molar-refractivity contribution in [3.8, 4) is 0 Å². The first-order valence-corrected chi connectivity index (χ1v) is 9.76. The Morgan fingerprint density at radius 3 is 2.55 bits per heavy atom. The molecular formula is C22H22FN3O3. The van der Waals surface area contributed by atoms with Crippen LogP contribution in [0.5, 0.6) is 0 Å². The SMILES string of the molecule is O=C1CC(C(=O)NCc2ccc(C(=O)N3CCCC3)cc2)c2ccc(F)cc2N1. The van der Waals surface area contributed by atoms with Crippen molar-refractivity contribution in [2.45, 2.75) is 31.7 Å². The number of amides is 3. The zero-order valence-electron chi connectivity index (χ0n) is 15.9. The molecule has 4 rings (SSSR count). The Labute approximate surface area is 168 Å². The van der Waals surface area contributed by atoms with Crippen molar-refractivity contribution in [3.05, 3.63) is 65.0 Å². The minimum absolute atomic E-state index is 0.0216. The molecule has 1 fully saturated rings. The van der Waals surface area contributed by atoms with E-state index in [1.807, 2.05) is 17.0 Å². The molecule has 2 aliphatic heterocycles. The fourth-order valence-electron chi connectivity index (χ4n) is 3.85. The van der Waals surface area contributed by atoms with E-state index in [1.165, 1.54) is 18.2 Å². The monoisotopic (exact) mass is 395 g/mol. The standard InChI is InChI=1S/C22H22FN3O3/c23-16-7-8-17-18(12-20(27)25-19(17)11-16)21(28)24-13-14-3-5-15(6-4-14)22(29)26-9-1-2-10-26/h3-8,11,18H,1-2,9-10,12-13H2,(H,24,28)(H,25,27). The topological polar surface area (TPSA) is 78.5 Å². The van der Waals surface area contributed by atoms with Gasteiger partial charge in [-0.3, -0.25) is 14.4 Å². The van der Waals surface area contributed by atoms with Crippen molar-refractivity contribution in [2.75, 3.05) is 18.4 Å². The molecule has 0 aromatic heterocycles. The number of benzene rings is 2. The minimum Gasteiger partial charge on any atom is -0.351 e. The van der Waals surface area contributed by atoms with Gasteiger partial charge >= 0.3 is 0 Å². The largest absolute Gasteiger partial charge is 0.351 e. The van der Waals surface area contributed by atoms with E-state index in [0.717, 1.165) is 31.5 Å². The number of carbonyl (C=O) groups is 3. The molecule has 7 heteroatoms. The van der Waals surface area contributed by atoms with Crippen LogP contribution in [-0.4, -0.2) is 35.7 Å². The molecule has 2 aromatic carbocycles. The van der Waals surface area contributed by atoms with Crippen LogP contribution in [0.3, 0.4) is 0 Å². The van der Waals surface area contributed by atoms with Crippen LogP contribution in [0.25, 0.3) is 0 Å². The Hall–Kier alpha value is -3.22. The van der Waals surface area contributed by atoms with Crippen molar-refractivity contribution in [1.82, 2.24) is 10.2 Å². The number of rotatable bonds is 4. The zero-order valence-corrected chi connectivity index (χ0v) is 15.9. The third-order valence-electron chi connectivity index (χ3n) is 5.43. The van der Waals surface area contributed by atoms with E-state index in [2.05, 4.69) is 10.6 Å². The van der Waals surface area contributed by atoms with Gasteiger partial charge in [0.15, 0.2) is 0 Å². The Morgan fingerprint density at radius 2 is 1.83 bits per heavy atom. The lowest BCUT2D eigenvalue weighted by molar-refractivity contribution is -0.126. The number of nitrogens with one attached hydrogen (secondary N) is 2. The first-order valence-electron chi connectivity index (χ1n) is 9.76. The van der Waals surface area contributed by atoms with Crippen LogP contribution >= 0.6 is 0 Å². The number of carbonyl (C=O) groups excluding carboxylic acids is 3. The first-order chi connectivity index (χ1) is 14.0. The molecular weight excluding hydrogens is 373 g/mol. The summed E-state index contributed by atoms with van der Waals surface area (Å²) in [5.41, 5.74) is 2.44. The Balaban J connectivity index is 1.40. The summed E-state index contributed by atoms with van der Waals surface area (Å²) >= 11 is 0. The van der Waals surface area contributed by atoms with Crippen LogP contribution in [-0.2, 0) is 16.1 Å². The third kappa shape index (κ3) is 4.13. The van der Waals surface area contributed by atoms with Gasteiger partial charge in [-0.2, -0.15) is 0 Å². The molecule has 2 heterocycles. The second kappa shape index (κ2) is 8.03. The fourth-order valence-corrected chi connectivity index (χ4v) is 3.85. The average molecular weight is 395 g/mol. The summed E-state index contributed by atoms with van der Waals surface area (Å²) in [6, 6.07) is 11.2. The van der Waals surface area contributed by atoms with Crippen LogP contribution in [0.15, 0.2) is 42.5 Å². The molecule has 2 aliphatic rings. The molecule has 1 saturated heterocycles. The number of fused-ring (bicyclic) bond motifs is 1. The maximum atomic E-state index is 13.4. The smallest absolute Gasteiger partial charge is 0.253 e. The maximum absolute atomic E-state index is 13.4. The van der Waals surface area contributed by atoms with Crippen LogP contribution < -0.4 is 10.6 Å². The molecule has 0 spiro atoms. The summed E-state index contributed by atoms with van der Waals surface area (Å²) in [6.07, 6.45) is 2.11. The highest BCUT2D eigenvalue weighted by molar-refractivity contribution is 6.01. The van der Waals surface area contributed by atoms with Crippen LogP contribution in [0.2, 0.25) is 0 Å². The zero-order chi connectivity index (χ0) is 20.4. The molecule has 6 nitrogen and oxygen atoms in total. The Kier molecular flexibility index (Phi) is 5.29. The molecule has 2 aromatic rings. The molecule has 0 saturated carbocycles. The summed E-state index contributed by atoms with van der Waals surface area (Å²) in [7, 11) is 0. The van der Waals surface area contributed by atoms with E-state index in [4.69, 9.17) is 0 Å². The summed E-state index contributed by atoms with van der Waals surface area (Å²) in [4.78, 5) is 38.8. The van der Waals surface area contributed by atoms with E-state index in [1.54, 1.807) is 12.1 Å². The van der Waals surface area contributed by atoms with Gasteiger partial charge in [0.2, 0.25) is 11.8 Å². The number of nitrogens with zero attached hydrogens (tertiary/aromatic N) is 1. The molecule has 3 amide bonds. The quantitative estimate of drug-likeness (QED) is 0.836. The summed E-state index contributed by atoms with van der Waals surface area (Å²) in [5.74, 6) is -1.68. The molecule has 150 valence electrons. The van der Waals surface area contributed by atoms with Gasteiger partial charge in [-0.15, -0.1) is 0 Å². The van der Waals surface area contributed by atoms with Gasteiger partial charge in [0.05, 0.1) is 5.92 Å². The number of halogens is 1. The maximum Gasteiger partial charge on any atom is 0.253 e. The second-order valence-electron chi connectivity index (χ2n) is 7.45. The summed E-state index contributed by atoms with van der Waals surface area (Å²) < 4.78 is 13.4. The molecule has 1 atom stereocenters. The Bertz CT molecular complexity index is 952. The molecule has 29 heavy (non-hydrogen) atoms. The van der Waals surface area contributed by atoms with Gasteiger partial charge < -0.3 is 15.5 Å². The van der Waals surface area contributed by atoms with Gasteiger partial charge in [0, 0.05) is 37.3 Å². The molecule has 1 unspecified atom stereocenters. The van der Waals surface area contributed by atoms with E-state index in [9.17, 15) is 18.8 Å². The summed E-state index contributed by atoms with van der Waals surface area (Å²) in [5, 5.41) is 5.44. The van der Waals surface area contributed by atoms with Crippen molar-refractivity contribution >= 4 is 23.4 Å². The Morgan fingerprint density at radius 1 is 1.10 bits per heavy atom. The highest BCUT2D eigenvalue weighted by Crippen LogP contribution is 2.32. The predicted molar refractivity (Wildman–Crippen MR) is 106 cm³/mol. The second-order valence-corrected chi connectivity index (χ2v) is 7.45. The third-order valence-corrected chi connectivity index (χ3v) is 5.43. The molecule has 0 aliphatic carbocycles. The lowest BCUT2D eigenvalue weighted by Gasteiger charge is -2.25. The van der Waals surface area contributed by atoms with Gasteiger partial charge in [-0.1, -0.05) is 18.2 Å². The van der Waals surface area contributed by atoms with Crippen molar-refractivity contribution in [2.24, 2.45) is 0 Å². The average Bonchev–Trinajstić information content (AvgIpc) is 3.26. The van der Waals surface area contributed by atoms with Gasteiger partial charge in [-0.25, -0.2) is 4.39 Å². The normalized spacial score (nSPS) is 18.2.